The molecule has 4 amide bonds. The molecule has 1 saturated heterocycles. The normalized spacial score (nSPS) is 25.7. The maximum atomic E-state index is 14.2. The van der Waals surface area contributed by atoms with Crippen LogP contribution in [-0.4, -0.2) is 127 Å². The van der Waals surface area contributed by atoms with Gasteiger partial charge < -0.3 is 38.8 Å². The van der Waals surface area contributed by atoms with Crippen LogP contribution in [0.5, 0.6) is 5.75 Å². The minimum absolute atomic E-state index is 0.00151. The van der Waals surface area contributed by atoms with E-state index in [9.17, 15) is 29.1 Å². The first-order chi connectivity index (χ1) is 29.2. The summed E-state index contributed by atoms with van der Waals surface area (Å²) in [5.41, 5.74) is 0.480. The number of alkyl carbamates (subject to hydrolysis) is 1. The zero-order chi connectivity index (χ0) is 47.6. The Balaban J connectivity index is 1.87. The number of amides is 4. The lowest BCUT2D eigenvalue weighted by Gasteiger charge is -2.42. The average Bonchev–Trinajstić information content (AvgIpc) is 3.20. The molecule has 1 fully saturated rings. The van der Waals surface area contributed by atoms with E-state index in [1.165, 1.54) is 35.8 Å². The van der Waals surface area contributed by atoms with Crippen LogP contribution in [0.2, 0.25) is 5.02 Å². The molecular weight excluding hydrogens is 848 g/mol. The van der Waals surface area contributed by atoms with Gasteiger partial charge >= 0.3 is 12.1 Å². The summed E-state index contributed by atoms with van der Waals surface area (Å²) in [5, 5.41) is 14.5. The molecule has 0 spiro atoms. The number of hydrogen-bond donors (Lipinski definition) is 2. The van der Waals surface area contributed by atoms with Gasteiger partial charge in [-0.05, 0) is 74.5 Å². The van der Waals surface area contributed by atoms with E-state index < -0.39 is 48.1 Å². The van der Waals surface area contributed by atoms with Gasteiger partial charge in [-0.2, -0.15) is 0 Å². The zero-order valence-electron chi connectivity index (χ0n) is 40.0. The van der Waals surface area contributed by atoms with Gasteiger partial charge in [0.1, 0.15) is 35.1 Å². The smallest absolute Gasteiger partial charge is 0.409 e. The van der Waals surface area contributed by atoms with E-state index >= 15 is 0 Å². The van der Waals surface area contributed by atoms with E-state index in [0.717, 1.165) is 17.6 Å². The molecule has 0 aromatic heterocycles. The summed E-state index contributed by atoms with van der Waals surface area (Å²) in [7, 11) is 7.91. The molecule has 2 aliphatic rings. The molecule has 0 aliphatic carbocycles. The number of hydrogen-bond acceptors (Lipinski definition) is 11. The second kappa shape index (κ2) is 22.9. The molecule has 2 aliphatic heterocycles. The monoisotopic (exact) mass is 920 g/mol. The zero-order valence-corrected chi connectivity index (χ0v) is 41.5. The van der Waals surface area contributed by atoms with Gasteiger partial charge in [-0.3, -0.25) is 19.7 Å². The Morgan fingerprint density at radius 3 is 2.37 bits per heavy atom. The Morgan fingerprint density at radius 1 is 1.08 bits per heavy atom. The number of ether oxygens (including phenoxy) is 4. The maximum absolute atomic E-state index is 14.2. The number of aliphatic hydroxyl groups is 1. The molecule has 0 saturated carbocycles. The van der Waals surface area contributed by atoms with Crippen LogP contribution in [0.1, 0.15) is 106 Å². The van der Waals surface area contributed by atoms with E-state index in [-0.39, 0.29) is 58.1 Å². The number of anilines is 1. The molecule has 7 atom stereocenters. The van der Waals surface area contributed by atoms with Gasteiger partial charge in [-0.25, -0.2) is 9.59 Å². The summed E-state index contributed by atoms with van der Waals surface area (Å²) < 4.78 is 22.7. The van der Waals surface area contributed by atoms with Gasteiger partial charge in [0.2, 0.25) is 17.7 Å². The van der Waals surface area contributed by atoms with Crippen molar-refractivity contribution in [3.63, 3.8) is 0 Å². The molecule has 2 N–H and O–H groups in total. The number of methoxy groups -OCH3 is 2. The number of likely N-dealkylation sites (N-methyl/N-ethyl adjacent to an activating group) is 1. The fraction of sp³-hybridized carbons (Fsp3) is 0.681. The second-order valence-corrected chi connectivity index (χ2v) is 21.3. The highest BCUT2D eigenvalue weighted by molar-refractivity contribution is 8.01. The van der Waals surface area contributed by atoms with Crippen molar-refractivity contribution in [3.05, 3.63) is 46.5 Å². The Hall–Kier alpha value is -3.79. The van der Waals surface area contributed by atoms with Crippen molar-refractivity contribution in [2.75, 3.05) is 52.6 Å². The van der Waals surface area contributed by atoms with Crippen molar-refractivity contribution in [2.45, 2.75) is 142 Å². The van der Waals surface area contributed by atoms with Crippen LogP contribution in [0.15, 0.2) is 35.9 Å². The Bertz CT molecular complexity index is 1850. The predicted molar refractivity (Wildman–Crippen MR) is 249 cm³/mol. The van der Waals surface area contributed by atoms with Crippen LogP contribution < -0.4 is 15.0 Å². The minimum Gasteiger partial charge on any atom is -0.495 e. The molecule has 354 valence electrons. The number of halogens is 1. The highest BCUT2D eigenvalue weighted by atomic mass is 35.5. The number of allylic oxidation sites excluding steroid dienone is 3. The lowest BCUT2D eigenvalue weighted by Crippen LogP contribution is -2.63. The van der Waals surface area contributed by atoms with Gasteiger partial charge in [0.25, 0.3) is 0 Å². The van der Waals surface area contributed by atoms with E-state index in [1.807, 2.05) is 53.8 Å². The van der Waals surface area contributed by atoms with E-state index in [1.54, 1.807) is 44.1 Å². The molecule has 16 heteroatoms. The molecule has 14 nitrogen and oxygen atoms in total. The van der Waals surface area contributed by atoms with E-state index in [4.69, 9.17) is 30.5 Å². The molecule has 3 rings (SSSR count). The number of nitrogens with zero attached hydrogens (tertiary/aromatic N) is 3. The Morgan fingerprint density at radius 2 is 1.75 bits per heavy atom. The third-order valence-corrected chi connectivity index (χ3v) is 13.9. The molecular formula is C47H73ClN4O10S. The van der Waals surface area contributed by atoms with Crippen LogP contribution in [0.4, 0.5) is 10.5 Å². The third kappa shape index (κ3) is 15.7. The summed E-state index contributed by atoms with van der Waals surface area (Å²) >= 11 is 8.30. The molecule has 0 unspecified atom stereocenters. The summed E-state index contributed by atoms with van der Waals surface area (Å²) in [4.78, 5) is 72.0. The SMILES string of the molecule is COc1cc2cc(c1Cl)N(C)C(=O)C[C@H](OC(=O)[C@H](C)N(C)C(=O)CCC(C)(C)SCC(=O)N(C)CCC(C)(C)C)[C@@H](C)C[C@H](C)[C@@H]1C[C@@](O)(NC(=O)O1)[C@H](OC)/C=C/C=C(\C)C2. The fourth-order valence-corrected chi connectivity index (χ4v) is 8.78. The quantitative estimate of drug-likeness (QED) is 0.188. The van der Waals surface area contributed by atoms with Gasteiger partial charge in [0.15, 0.2) is 5.72 Å². The van der Waals surface area contributed by atoms with E-state index in [2.05, 4.69) is 26.1 Å². The predicted octanol–water partition coefficient (Wildman–Crippen LogP) is 7.57. The van der Waals surface area contributed by atoms with Gasteiger partial charge in [0.05, 0.1) is 25.0 Å². The Kier molecular flexibility index (Phi) is 19.5. The number of benzene rings is 1. The molecule has 1 aromatic rings. The summed E-state index contributed by atoms with van der Waals surface area (Å²) in [6.07, 6.45) is 3.91. The lowest BCUT2D eigenvalue weighted by molar-refractivity contribution is -0.162. The first kappa shape index (κ1) is 53.5. The van der Waals surface area contributed by atoms with Gasteiger partial charge in [0, 0.05) is 52.4 Å². The topological polar surface area (TPSA) is 164 Å². The van der Waals surface area contributed by atoms with Crippen molar-refractivity contribution < 1.29 is 48.0 Å². The van der Waals surface area contributed by atoms with Gasteiger partial charge in [-0.15, -0.1) is 11.8 Å². The number of rotatable bonds is 13. The van der Waals surface area contributed by atoms with Crippen LogP contribution >= 0.6 is 23.4 Å². The molecule has 0 radical (unpaired) electrons. The second-order valence-electron chi connectivity index (χ2n) is 19.2. The molecule has 2 heterocycles. The summed E-state index contributed by atoms with van der Waals surface area (Å²) in [6, 6.07) is 2.62. The first-order valence-electron chi connectivity index (χ1n) is 21.8. The van der Waals surface area contributed by atoms with Crippen molar-refractivity contribution in [3.8, 4) is 5.75 Å². The van der Waals surface area contributed by atoms with Crippen molar-refractivity contribution >= 4 is 58.8 Å². The standard InChI is InChI=1S/C47H73ClN4O10S/c1-29-16-15-17-38(60-14)47(58)27-37(62-44(57)49-47)31(3)23-30(2)35(26-40(54)52(12)34-24-33(22-29)25-36(59-13)42(34)48)61-43(56)32(4)51(11)39(53)18-19-46(8,9)63-28-41(55)50(10)21-20-45(5,6)7/h15-17,24-25,30-32,35,37-38,58H,18-23,26-28H2,1-14H3,(H,49,57)/b17-15+,29-16+/t30-,31-,32-,35-,37-,38+,47-/m0/s1. The molecule has 4 bridgehead atoms. The highest BCUT2D eigenvalue weighted by Gasteiger charge is 2.47. The number of thioether (sulfide) groups is 1. The highest BCUT2D eigenvalue weighted by Crippen LogP contribution is 2.38. The van der Waals surface area contributed by atoms with Crippen molar-refractivity contribution in [2.24, 2.45) is 17.3 Å². The van der Waals surface area contributed by atoms with Gasteiger partial charge in [-0.1, -0.05) is 83.9 Å². The average molecular weight is 922 g/mol. The molecule has 63 heavy (non-hydrogen) atoms. The largest absolute Gasteiger partial charge is 0.495 e. The lowest BCUT2D eigenvalue weighted by atomic mass is 9.83. The number of esters is 1. The van der Waals surface area contributed by atoms with Crippen molar-refractivity contribution in [1.82, 2.24) is 15.1 Å². The minimum atomic E-state index is -1.79. The van der Waals surface area contributed by atoms with Crippen LogP contribution in [0.25, 0.3) is 0 Å². The Labute approximate surface area is 384 Å². The first-order valence-corrected chi connectivity index (χ1v) is 23.1. The molecule has 1 aromatic carbocycles. The number of carbonyl (C=O) groups excluding carboxylic acids is 5. The van der Waals surface area contributed by atoms with E-state index in [0.29, 0.717) is 43.0 Å². The summed E-state index contributed by atoms with van der Waals surface area (Å²) in [6.45, 7) is 18.3. The maximum Gasteiger partial charge on any atom is 0.409 e. The third-order valence-electron chi connectivity index (χ3n) is 12.1. The fourth-order valence-electron chi connectivity index (χ4n) is 7.48. The van der Waals surface area contributed by atoms with Crippen LogP contribution in [-0.2, 0) is 39.8 Å². The summed E-state index contributed by atoms with van der Waals surface area (Å²) in [5.74, 6) is -1.47. The van der Waals surface area contributed by atoms with Crippen molar-refractivity contribution in [1.29, 1.82) is 0 Å². The number of fused-ring (bicyclic) bond motifs is 4. The van der Waals surface area contributed by atoms with Crippen LogP contribution in [0, 0.1) is 17.3 Å². The van der Waals surface area contributed by atoms with Crippen LogP contribution in [0.3, 0.4) is 0 Å². The number of nitrogens with one attached hydrogen (secondary N) is 1. The number of carbonyl (C=O) groups is 5.